The van der Waals surface area contributed by atoms with E-state index >= 15 is 0 Å². The van der Waals surface area contributed by atoms with Gasteiger partial charge >= 0.3 is 5.97 Å². The van der Waals surface area contributed by atoms with E-state index in [1.54, 1.807) is 25.1 Å². The van der Waals surface area contributed by atoms with Gasteiger partial charge in [0.25, 0.3) is 5.91 Å². The number of hydrogen-bond donors (Lipinski definition) is 1. The first-order valence-corrected chi connectivity index (χ1v) is 10.5. The Bertz CT molecular complexity index is 735. The number of amides is 1. The van der Waals surface area contributed by atoms with Gasteiger partial charge in [-0.15, -0.1) is 11.8 Å². The molecule has 132 valence electrons. The highest BCUT2D eigenvalue weighted by atomic mass is 35.5. The minimum atomic E-state index is -2.96. The van der Waals surface area contributed by atoms with Crippen LogP contribution >= 0.6 is 23.4 Å². The molecule has 1 atom stereocenters. The van der Waals surface area contributed by atoms with Crippen LogP contribution in [-0.4, -0.2) is 49.4 Å². The molecule has 2 rings (SSSR count). The van der Waals surface area contributed by atoms with Gasteiger partial charge in [-0.25, -0.2) is 8.42 Å². The third-order valence-corrected chi connectivity index (χ3v) is 6.94. The number of anilines is 1. The summed E-state index contributed by atoms with van der Waals surface area (Å²) >= 11 is 7.09. The lowest BCUT2D eigenvalue weighted by atomic mass is 10.2. The Balaban J connectivity index is 1.70. The Morgan fingerprint density at radius 1 is 1.42 bits per heavy atom. The van der Waals surface area contributed by atoms with Crippen molar-refractivity contribution in [3.8, 4) is 0 Å². The maximum atomic E-state index is 11.8. The van der Waals surface area contributed by atoms with Crippen molar-refractivity contribution in [1.82, 2.24) is 0 Å². The van der Waals surface area contributed by atoms with E-state index in [0.29, 0.717) is 17.1 Å². The van der Waals surface area contributed by atoms with Crippen molar-refractivity contribution in [3.05, 3.63) is 28.8 Å². The van der Waals surface area contributed by atoms with Crippen LogP contribution in [0.15, 0.2) is 18.2 Å². The van der Waals surface area contributed by atoms with Crippen LogP contribution < -0.4 is 5.32 Å². The molecule has 1 fully saturated rings. The molecule has 1 heterocycles. The minimum absolute atomic E-state index is 0.0352. The van der Waals surface area contributed by atoms with Gasteiger partial charge in [0, 0.05) is 16.0 Å². The molecule has 9 heteroatoms. The van der Waals surface area contributed by atoms with Crippen molar-refractivity contribution >= 4 is 50.8 Å². The summed E-state index contributed by atoms with van der Waals surface area (Å²) in [6.07, 6.45) is 0.552. The van der Waals surface area contributed by atoms with E-state index in [-0.39, 0.29) is 29.1 Å². The molecular formula is C15H18ClNO5S2. The van der Waals surface area contributed by atoms with Crippen molar-refractivity contribution in [2.45, 2.75) is 18.6 Å². The van der Waals surface area contributed by atoms with Gasteiger partial charge in [0.05, 0.1) is 17.3 Å². The Morgan fingerprint density at radius 2 is 2.17 bits per heavy atom. The summed E-state index contributed by atoms with van der Waals surface area (Å²) in [4.78, 5) is 23.4. The third kappa shape index (κ3) is 5.99. The molecule has 0 bridgehead atoms. The van der Waals surface area contributed by atoms with Crippen molar-refractivity contribution in [1.29, 1.82) is 0 Å². The summed E-state index contributed by atoms with van der Waals surface area (Å²) < 4.78 is 27.6. The maximum Gasteiger partial charge on any atom is 0.316 e. The van der Waals surface area contributed by atoms with Crippen molar-refractivity contribution in [2.24, 2.45) is 0 Å². The molecule has 1 N–H and O–H groups in total. The molecule has 0 radical (unpaired) electrons. The normalized spacial score (nSPS) is 19.0. The Morgan fingerprint density at radius 3 is 2.79 bits per heavy atom. The number of ether oxygens (including phenoxy) is 1. The molecule has 24 heavy (non-hydrogen) atoms. The number of benzene rings is 1. The molecule has 0 saturated carbocycles. The topological polar surface area (TPSA) is 89.5 Å². The molecule has 0 spiro atoms. The SMILES string of the molecule is Cc1cc(Cl)ccc1NC(=O)COC(=O)CS[C@H]1CCS(=O)(=O)C1. The molecule has 0 aromatic heterocycles. The van der Waals surface area contributed by atoms with Gasteiger partial charge in [0.1, 0.15) is 0 Å². The maximum absolute atomic E-state index is 11.8. The second-order valence-corrected chi connectivity index (χ2v) is 9.46. The van der Waals surface area contributed by atoms with E-state index in [2.05, 4.69) is 5.32 Å². The number of sulfone groups is 1. The van der Waals surface area contributed by atoms with Crippen LogP contribution in [0.25, 0.3) is 0 Å². The average Bonchev–Trinajstić information content (AvgIpc) is 2.85. The van der Waals surface area contributed by atoms with E-state index in [4.69, 9.17) is 16.3 Å². The van der Waals surface area contributed by atoms with E-state index in [9.17, 15) is 18.0 Å². The van der Waals surface area contributed by atoms with Crippen LogP contribution in [0.2, 0.25) is 5.02 Å². The van der Waals surface area contributed by atoms with Crippen molar-refractivity contribution in [2.75, 3.05) is 29.2 Å². The molecule has 0 unspecified atom stereocenters. The van der Waals surface area contributed by atoms with E-state index < -0.39 is 21.7 Å². The Labute approximate surface area is 150 Å². The Hall–Kier alpha value is -1.25. The highest BCUT2D eigenvalue weighted by Crippen LogP contribution is 2.24. The molecule has 1 aromatic rings. The number of halogens is 1. The molecular weight excluding hydrogens is 374 g/mol. The molecule has 1 aliphatic heterocycles. The van der Waals surface area contributed by atoms with Crippen molar-refractivity contribution in [3.63, 3.8) is 0 Å². The van der Waals surface area contributed by atoms with Crippen molar-refractivity contribution < 1.29 is 22.7 Å². The summed E-state index contributed by atoms with van der Waals surface area (Å²) in [5.74, 6) is -0.674. The molecule has 1 aromatic carbocycles. The lowest BCUT2D eigenvalue weighted by Gasteiger charge is -2.10. The summed E-state index contributed by atoms with van der Waals surface area (Å²) in [5, 5.41) is 3.14. The second kappa shape index (κ2) is 8.22. The largest absolute Gasteiger partial charge is 0.455 e. The fourth-order valence-corrected chi connectivity index (χ4v) is 5.89. The number of carbonyl (C=O) groups is 2. The van der Waals surface area contributed by atoms with Gasteiger partial charge in [-0.2, -0.15) is 0 Å². The van der Waals surface area contributed by atoms with E-state index in [0.717, 1.165) is 5.56 Å². The minimum Gasteiger partial charge on any atom is -0.455 e. The fraction of sp³-hybridized carbons (Fsp3) is 0.467. The molecule has 1 saturated heterocycles. The van der Waals surface area contributed by atoms with Crippen LogP contribution in [0.5, 0.6) is 0 Å². The highest BCUT2D eigenvalue weighted by Gasteiger charge is 2.28. The zero-order valence-corrected chi connectivity index (χ0v) is 15.5. The summed E-state index contributed by atoms with van der Waals surface area (Å²) in [7, 11) is -2.96. The Kier molecular flexibility index (Phi) is 6.54. The monoisotopic (exact) mass is 391 g/mol. The zero-order valence-electron chi connectivity index (χ0n) is 13.1. The standard InChI is InChI=1S/C15H18ClNO5S2/c1-10-6-11(16)2-3-13(10)17-14(18)7-22-15(19)8-23-12-4-5-24(20,21)9-12/h2-3,6,12H,4-5,7-9H2,1H3,(H,17,18)/t12-/m0/s1. The lowest BCUT2D eigenvalue weighted by Crippen LogP contribution is -2.22. The average molecular weight is 392 g/mol. The number of aryl methyl sites for hydroxylation is 1. The second-order valence-electron chi connectivity index (χ2n) is 5.50. The number of thioether (sulfide) groups is 1. The van der Waals surface area contributed by atoms with E-state index in [1.807, 2.05) is 0 Å². The third-order valence-electron chi connectivity index (χ3n) is 3.45. The molecule has 1 amide bonds. The zero-order chi connectivity index (χ0) is 17.7. The van der Waals surface area contributed by atoms with Gasteiger partial charge in [-0.3, -0.25) is 9.59 Å². The fourth-order valence-electron chi connectivity index (χ4n) is 2.22. The van der Waals surface area contributed by atoms with Crippen LogP contribution in [0.4, 0.5) is 5.69 Å². The van der Waals surface area contributed by atoms with Crippen LogP contribution in [0, 0.1) is 6.92 Å². The first-order valence-electron chi connectivity index (χ1n) is 7.29. The number of rotatable bonds is 6. The smallest absolute Gasteiger partial charge is 0.316 e. The first-order chi connectivity index (χ1) is 11.2. The predicted molar refractivity (Wildman–Crippen MR) is 95.3 cm³/mol. The van der Waals surface area contributed by atoms with Gasteiger partial charge in [0.2, 0.25) is 0 Å². The van der Waals surface area contributed by atoms with Gasteiger partial charge in [0.15, 0.2) is 16.4 Å². The summed E-state index contributed by atoms with van der Waals surface area (Å²) in [6.45, 7) is 1.42. The van der Waals surface area contributed by atoms with Crippen LogP contribution in [0.3, 0.4) is 0 Å². The van der Waals surface area contributed by atoms with Crippen LogP contribution in [0.1, 0.15) is 12.0 Å². The molecule has 6 nitrogen and oxygen atoms in total. The number of carbonyl (C=O) groups excluding carboxylic acids is 2. The highest BCUT2D eigenvalue weighted by molar-refractivity contribution is 8.02. The number of hydrogen-bond acceptors (Lipinski definition) is 6. The van der Waals surface area contributed by atoms with Gasteiger partial charge in [-0.05, 0) is 37.1 Å². The quantitative estimate of drug-likeness (QED) is 0.746. The predicted octanol–water partition coefficient (Wildman–Crippen LogP) is 2.05. The number of esters is 1. The van der Waals surface area contributed by atoms with Gasteiger partial charge < -0.3 is 10.1 Å². The van der Waals surface area contributed by atoms with Crippen LogP contribution in [-0.2, 0) is 24.2 Å². The molecule has 1 aliphatic rings. The summed E-state index contributed by atoms with van der Waals surface area (Å²) in [5.41, 5.74) is 1.41. The first kappa shape index (κ1) is 19.1. The number of nitrogens with one attached hydrogen (secondary N) is 1. The molecule has 0 aliphatic carbocycles. The summed E-state index contributed by atoms with van der Waals surface area (Å²) in [6, 6.07) is 5.05. The van der Waals surface area contributed by atoms with E-state index in [1.165, 1.54) is 11.8 Å². The van der Waals surface area contributed by atoms with Gasteiger partial charge in [-0.1, -0.05) is 11.6 Å². The lowest BCUT2D eigenvalue weighted by molar-refractivity contribution is -0.144.